The summed E-state index contributed by atoms with van der Waals surface area (Å²) in [6.45, 7) is 3.25. The highest BCUT2D eigenvalue weighted by atomic mass is 32.2. The Balaban J connectivity index is 1.40. The quantitative estimate of drug-likeness (QED) is 0.765. The van der Waals surface area contributed by atoms with Crippen LogP contribution in [0.5, 0.6) is 0 Å². The van der Waals surface area contributed by atoms with E-state index < -0.39 is 10.8 Å². The van der Waals surface area contributed by atoms with Crippen LogP contribution >= 0.6 is 0 Å². The van der Waals surface area contributed by atoms with Gasteiger partial charge >= 0.3 is 0 Å². The van der Waals surface area contributed by atoms with Gasteiger partial charge in [0.1, 0.15) is 0 Å². The normalized spacial score (nSPS) is 21.7. The van der Waals surface area contributed by atoms with Crippen LogP contribution in [0.4, 0.5) is 0 Å². The van der Waals surface area contributed by atoms with E-state index in [1.54, 1.807) is 0 Å². The number of hydrogen-bond donors (Lipinski definition) is 0. The molecule has 1 saturated heterocycles. The molecule has 1 aliphatic heterocycles. The Labute approximate surface area is 146 Å². The van der Waals surface area contributed by atoms with Gasteiger partial charge in [0.15, 0.2) is 0 Å². The summed E-state index contributed by atoms with van der Waals surface area (Å²) in [5.41, 5.74) is 2.36. The smallest absolute Gasteiger partial charge is 0.0813 e. The summed E-state index contributed by atoms with van der Waals surface area (Å²) in [5.74, 6) is 0.568. The van der Waals surface area contributed by atoms with Crippen LogP contribution in [0.3, 0.4) is 0 Å². The monoisotopic (exact) mass is 344 g/mol. The number of hydrogen-bond acceptors (Lipinski definition) is 3. The molecule has 24 heavy (non-hydrogen) atoms. The molecule has 4 heteroatoms. The standard InChI is InChI=1S/C20H24O3S/c1-16-7-11-20(12-8-16)24(21)15-19-10-9-18(23-19)14-22-13-17-5-3-2-4-6-17/h2-8,11-12,18-19H,9-10,13-15H2,1H3/t18-,19+,24-/m0/s1. The summed E-state index contributed by atoms with van der Waals surface area (Å²) in [4.78, 5) is 0.882. The molecule has 0 saturated carbocycles. The van der Waals surface area contributed by atoms with E-state index in [1.807, 2.05) is 49.4 Å². The van der Waals surface area contributed by atoms with E-state index in [0.717, 1.165) is 17.7 Å². The van der Waals surface area contributed by atoms with Crippen molar-refractivity contribution in [2.24, 2.45) is 0 Å². The summed E-state index contributed by atoms with van der Waals surface area (Å²) in [7, 11) is -0.998. The van der Waals surface area contributed by atoms with Crippen molar-refractivity contribution in [3.8, 4) is 0 Å². The summed E-state index contributed by atoms with van der Waals surface area (Å²) >= 11 is 0. The van der Waals surface area contributed by atoms with Gasteiger partial charge in [0.2, 0.25) is 0 Å². The third-order valence-electron chi connectivity index (χ3n) is 4.23. The zero-order valence-electron chi connectivity index (χ0n) is 14.0. The molecule has 3 rings (SSSR count). The van der Waals surface area contributed by atoms with Gasteiger partial charge in [-0.25, -0.2) is 0 Å². The average Bonchev–Trinajstić information content (AvgIpc) is 3.04. The third kappa shape index (κ3) is 5.00. The van der Waals surface area contributed by atoms with Crippen molar-refractivity contribution in [3.05, 3.63) is 65.7 Å². The third-order valence-corrected chi connectivity index (χ3v) is 5.70. The molecule has 0 bridgehead atoms. The predicted octanol–water partition coefficient (Wildman–Crippen LogP) is 3.87. The maximum absolute atomic E-state index is 12.4. The van der Waals surface area contributed by atoms with Gasteiger partial charge in [-0.3, -0.25) is 4.21 Å². The first kappa shape index (κ1) is 17.3. The highest BCUT2D eigenvalue weighted by Gasteiger charge is 2.27. The second-order valence-electron chi connectivity index (χ2n) is 6.28. The summed E-state index contributed by atoms with van der Waals surface area (Å²) < 4.78 is 24.2. The zero-order chi connectivity index (χ0) is 16.8. The molecule has 3 atom stereocenters. The van der Waals surface area contributed by atoms with Gasteiger partial charge < -0.3 is 9.47 Å². The molecule has 1 heterocycles. The number of ether oxygens (including phenoxy) is 2. The minimum atomic E-state index is -0.998. The first-order valence-corrected chi connectivity index (χ1v) is 9.75. The molecule has 2 aromatic rings. The van der Waals surface area contributed by atoms with Crippen molar-refractivity contribution in [2.45, 2.75) is 43.5 Å². The largest absolute Gasteiger partial charge is 0.374 e. The zero-order valence-corrected chi connectivity index (χ0v) is 14.8. The molecule has 3 nitrogen and oxygen atoms in total. The van der Waals surface area contributed by atoms with E-state index in [-0.39, 0.29) is 12.2 Å². The second kappa shape index (κ2) is 8.56. The highest BCUT2D eigenvalue weighted by Crippen LogP contribution is 2.22. The Morgan fingerprint density at radius 2 is 1.75 bits per heavy atom. The highest BCUT2D eigenvalue weighted by molar-refractivity contribution is 7.85. The Hall–Kier alpha value is -1.49. The van der Waals surface area contributed by atoms with Crippen molar-refractivity contribution in [3.63, 3.8) is 0 Å². The van der Waals surface area contributed by atoms with E-state index in [4.69, 9.17) is 9.47 Å². The number of rotatable bonds is 7. The van der Waals surface area contributed by atoms with E-state index in [2.05, 4.69) is 12.1 Å². The lowest BCUT2D eigenvalue weighted by molar-refractivity contribution is -0.0131. The molecule has 0 spiro atoms. The molecule has 0 unspecified atom stereocenters. The predicted molar refractivity (Wildman–Crippen MR) is 96.4 cm³/mol. The van der Waals surface area contributed by atoms with Crippen LogP contribution in [-0.2, 0) is 26.9 Å². The van der Waals surface area contributed by atoms with Crippen LogP contribution in [0.1, 0.15) is 24.0 Å². The van der Waals surface area contributed by atoms with Crippen LogP contribution in [0.15, 0.2) is 59.5 Å². The lowest BCUT2D eigenvalue weighted by atomic mass is 10.2. The molecule has 1 fully saturated rings. The average molecular weight is 344 g/mol. The van der Waals surface area contributed by atoms with E-state index in [1.165, 1.54) is 11.1 Å². The number of benzene rings is 2. The fourth-order valence-corrected chi connectivity index (χ4v) is 4.08. The van der Waals surface area contributed by atoms with E-state index in [0.29, 0.717) is 19.0 Å². The van der Waals surface area contributed by atoms with Crippen molar-refractivity contribution < 1.29 is 13.7 Å². The van der Waals surface area contributed by atoms with Crippen LogP contribution in [0.25, 0.3) is 0 Å². The van der Waals surface area contributed by atoms with E-state index in [9.17, 15) is 4.21 Å². The van der Waals surface area contributed by atoms with Crippen LogP contribution in [-0.4, -0.2) is 28.8 Å². The minimum Gasteiger partial charge on any atom is -0.374 e. The summed E-state index contributed by atoms with van der Waals surface area (Å²) in [6.07, 6.45) is 2.12. The molecule has 0 aliphatic carbocycles. The van der Waals surface area contributed by atoms with Gasteiger partial charge in [-0.15, -0.1) is 0 Å². The Bertz CT molecular complexity index is 654. The molecule has 0 N–H and O–H groups in total. The molecular formula is C20H24O3S. The number of aryl methyl sites for hydroxylation is 1. The molecule has 0 radical (unpaired) electrons. The topological polar surface area (TPSA) is 35.5 Å². The molecule has 0 amide bonds. The summed E-state index contributed by atoms with van der Waals surface area (Å²) in [6, 6.07) is 18.0. The van der Waals surface area contributed by atoms with Crippen molar-refractivity contribution >= 4 is 10.8 Å². The van der Waals surface area contributed by atoms with Gasteiger partial charge in [-0.1, -0.05) is 48.0 Å². The SMILES string of the molecule is Cc1ccc([S@@](=O)C[C@H]2CC[C@@H](COCc3ccccc3)O2)cc1. The fraction of sp³-hybridized carbons (Fsp3) is 0.400. The maximum Gasteiger partial charge on any atom is 0.0813 e. The van der Waals surface area contributed by atoms with Crippen LogP contribution < -0.4 is 0 Å². The fourth-order valence-electron chi connectivity index (χ4n) is 2.86. The molecule has 1 aliphatic rings. The summed E-state index contributed by atoms with van der Waals surface area (Å²) in [5, 5.41) is 0. The minimum absolute atomic E-state index is 0.0671. The second-order valence-corrected chi connectivity index (χ2v) is 7.78. The van der Waals surface area contributed by atoms with Gasteiger partial charge in [0, 0.05) is 4.90 Å². The molecule has 0 aromatic heterocycles. The van der Waals surface area contributed by atoms with Crippen LogP contribution in [0.2, 0.25) is 0 Å². The first-order chi connectivity index (χ1) is 11.7. The first-order valence-electron chi connectivity index (χ1n) is 8.43. The molecular weight excluding hydrogens is 320 g/mol. The maximum atomic E-state index is 12.4. The van der Waals surface area contributed by atoms with Crippen LogP contribution in [0, 0.1) is 6.92 Å². The molecule has 2 aromatic carbocycles. The van der Waals surface area contributed by atoms with Gasteiger partial charge in [0.05, 0.1) is 42.0 Å². The van der Waals surface area contributed by atoms with Crippen molar-refractivity contribution in [2.75, 3.05) is 12.4 Å². The van der Waals surface area contributed by atoms with Gasteiger partial charge in [-0.05, 0) is 37.5 Å². The van der Waals surface area contributed by atoms with Crippen molar-refractivity contribution in [1.82, 2.24) is 0 Å². The Kier molecular flexibility index (Phi) is 6.18. The Morgan fingerprint density at radius 1 is 1.04 bits per heavy atom. The lowest BCUT2D eigenvalue weighted by Gasteiger charge is -2.14. The Morgan fingerprint density at radius 3 is 2.50 bits per heavy atom. The van der Waals surface area contributed by atoms with Gasteiger partial charge in [0.25, 0.3) is 0 Å². The molecule has 128 valence electrons. The van der Waals surface area contributed by atoms with Crippen molar-refractivity contribution in [1.29, 1.82) is 0 Å². The van der Waals surface area contributed by atoms with Gasteiger partial charge in [-0.2, -0.15) is 0 Å². The lowest BCUT2D eigenvalue weighted by Crippen LogP contribution is -2.21. The van der Waals surface area contributed by atoms with E-state index >= 15 is 0 Å².